The second-order valence-electron chi connectivity index (χ2n) is 6.10. The van der Waals surface area contributed by atoms with Crippen LogP contribution in [0.1, 0.15) is 24.8 Å². The molecule has 1 aliphatic heterocycles. The van der Waals surface area contributed by atoms with Crippen molar-refractivity contribution in [1.82, 2.24) is 15.1 Å². The standard InChI is InChI=1S/C18H24N4O3/c1-24-16-7-5-14(6-8-16)10-19-18(23)21-15-11-20-22(12-15)13-17-4-2-3-9-25-17/h5-8,11-12,17H,2-4,9-10,13H2,1H3,(H2,19,21,23)/t17-/m0/s1. The fraction of sp³-hybridized carbons (Fsp3) is 0.444. The summed E-state index contributed by atoms with van der Waals surface area (Å²) in [4.78, 5) is 12.0. The number of urea groups is 1. The molecular weight excluding hydrogens is 320 g/mol. The van der Waals surface area contributed by atoms with Gasteiger partial charge in [-0.25, -0.2) is 4.79 Å². The third-order valence-corrected chi connectivity index (χ3v) is 4.17. The molecule has 0 unspecified atom stereocenters. The molecule has 2 N–H and O–H groups in total. The molecule has 2 aromatic rings. The molecule has 134 valence electrons. The van der Waals surface area contributed by atoms with Crippen LogP contribution in [0.2, 0.25) is 0 Å². The summed E-state index contributed by atoms with van der Waals surface area (Å²) in [7, 11) is 1.63. The van der Waals surface area contributed by atoms with Gasteiger partial charge < -0.3 is 20.1 Å². The molecule has 0 bridgehead atoms. The highest BCUT2D eigenvalue weighted by Crippen LogP contribution is 2.15. The lowest BCUT2D eigenvalue weighted by atomic mass is 10.1. The summed E-state index contributed by atoms with van der Waals surface area (Å²) in [6.45, 7) is 1.99. The molecule has 1 fully saturated rings. The Labute approximate surface area is 147 Å². The number of hydrogen-bond acceptors (Lipinski definition) is 4. The first-order chi connectivity index (χ1) is 12.2. The van der Waals surface area contributed by atoms with Crippen LogP contribution in [0.4, 0.5) is 10.5 Å². The summed E-state index contributed by atoms with van der Waals surface area (Å²) >= 11 is 0. The molecule has 1 saturated heterocycles. The Morgan fingerprint density at radius 3 is 2.92 bits per heavy atom. The first-order valence-corrected chi connectivity index (χ1v) is 8.55. The van der Waals surface area contributed by atoms with E-state index < -0.39 is 0 Å². The summed E-state index contributed by atoms with van der Waals surface area (Å²) < 4.78 is 12.6. The maximum absolute atomic E-state index is 12.0. The van der Waals surface area contributed by atoms with Crippen molar-refractivity contribution in [3.63, 3.8) is 0 Å². The van der Waals surface area contributed by atoms with E-state index in [-0.39, 0.29) is 12.1 Å². The minimum Gasteiger partial charge on any atom is -0.497 e. The van der Waals surface area contributed by atoms with Crippen LogP contribution in [0.5, 0.6) is 5.75 Å². The van der Waals surface area contributed by atoms with Crippen molar-refractivity contribution >= 4 is 11.7 Å². The molecule has 0 radical (unpaired) electrons. The number of anilines is 1. The summed E-state index contributed by atoms with van der Waals surface area (Å²) in [5.41, 5.74) is 1.67. The molecule has 0 spiro atoms. The van der Waals surface area contributed by atoms with Crippen molar-refractivity contribution in [3.05, 3.63) is 42.2 Å². The Morgan fingerprint density at radius 2 is 2.20 bits per heavy atom. The van der Waals surface area contributed by atoms with Gasteiger partial charge in [-0.05, 0) is 37.0 Å². The molecule has 1 aromatic carbocycles. The number of benzene rings is 1. The lowest BCUT2D eigenvalue weighted by Gasteiger charge is -2.22. The van der Waals surface area contributed by atoms with Gasteiger partial charge in [0.2, 0.25) is 0 Å². The molecule has 3 rings (SSSR count). The minimum atomic E-state index is -0.260. The van der Waals surface area contributed by atoms with Gasteiger partial charge in [0.05, 0.1) is 31.6 Å². The predicted molar refractivity (Wildman–Crippen MR) is 94.7 cm³/mol. The van der Waals surface area contributed by atoms with E-state index in [1.54, 1.807) is 13.3 Å². The molecule has 25 heavy (non-hydrogen) atoms. The predicted octanol–water partition coefficient (Wildman–Crippen LogP) is 2.78. The van der Waals surface area contributed by atoms with E-state index in [0.29, 0.717) is 12.2 Å². The van der Waals surface area contributed by atoms with E-state index in [4.69, 9.17) is 9.47 Å². The normalized spacial score (nSPS) is 17.1. The molecule has 0 aliphatic carbocycles. The van der Waals surface area contributed by atoms with Crippen LogP contribution in [0.25, 0.3) is 0 Å². The van der Waals surface area contributed by atoms with E-state index in [9.17, 15) is 4.79 Å². The molecule has 7 heteroatoms. The molecule has 2 amide bonds. The minimum absolute atomic E-state index is 0.213. The van der Waals surface area contributed by atoms with Crippen LogP contribution in [-0.2, 0) is 17.8 Å². The number of methoxy groups -OCH3 is 1. The van der Waals surface area contributed by atoms with Crippen LogP contribution in [0.3, 0.4) is 0 Å². The van der Waals surface area contributed by atoms with Crippen LogP contribution in [-0.4, -0.2) is 35.6 Å². The Bertz CT molecular complexity index is 678. The van der Waals surface area contributed by atoms with Gasteiger partial charge in [0.25, 0.3) is 0 Å². The van der Waals surface area contributed by atoms with Crippen LogP contribution in [0, 0.1) is 0 Å². The molecule has 1 aromatic heterocycles. The smallest absolute Gasteiger partial charge is 0.319 e. The largest absolute Gasteiger partial charge is 0.497 e. The Morgan fingerprint density at radius 1 is 1.36 bits per heavy atom. The zero-order valence-corrected chi connectivity index (χ0v) is 14.4. The monoisotopic (exact) mass is 344 g/mol. The number of carbonyl (C=O) groups excluding carboxylic acids is 1. The third kappa shape index (κ3) is 5.22. The zero-order valence-electron chi connectivity index (χ0n) is 14.4. The molecule has 7 nitrogen and oxygen atoms in total. The zero-order chi connectivity index (χ0) is 17.5. The number of nitrogens with one attached hydrogen (secondary N) is 2. The van der Waals surface area contributed by atoms with Crippen molar-refractivity contribution in [1.29, 1.82) is 0 Å². The Hall–Kier alpha value is -2.54. The number of ether oxygens (including phenoxy) is 2. The van der Waals surface area contributed by atoms with E-state index in [0.717, 1.165) is 37.3 Å². The average molecular weight is 344 g/mol. The van der Waals surface area contributed by atoms with E-state index in [2.05, 4.69) is 15.7 Å². The number of hydrogen-bond donors (Lipinski definition) is 2. The first-order valence-electron chi connectivity index (χ1n) is 8.55. The quantitative estimate of drug-likeness (QED) is 0.845. The van der Waals surface area contributed by atoms with Gasteiger partial charge >= 0.3 is 6.03 Å². The number of nitrogens with zero attached hydrogens (tertiary/aromatic N) is 2. The summed E-state index contributed by atoms with van der Waals surface area (Å²) in [6.07, 6.45) is 7.08. The second-order valence-corrected chi connectivity index (χ2v) is 6.10. The first kappa shape index (κ1) is 17.3. The van der Waals surface area contributed by atoms with Crippen molar-refractivity contribution in [2.45, 2.75) is 38.5 Å². The lowest BCUT2D eigenvalue weighted by Crippen LogP contribution is -2.28. The Kier molecular flexibility index (Phi) is 5.90. The van der Waals surface area contributed by atoms with E-state index in [1.165, 1.54) is 6.42 Å². The van der Waals surface area contributed by atoms with Gasteiger partial charge in [0, 0.05) is 19.3 Å². The highest BCUT2D eigenvalue weighted by atomic mass is 16.5. The fourth-order valence-electron chi connectivity index (χ4n) is 2.79. The van der Waals surface area contributed by atoms with Crippen LogP contribution < -0.4 is 15.4 Å². The van der Waals surface area contributed by atoms with Gasteiger partial charge in [0.1, 0.15) is 5.75 Å². The van der Waals surface area contributed by atoms with Gasteiger partial charge in [-0.15, -0.1) is 0 Å². The van der Waals surface area contributed by atoms with Crippen LogP contribution in [0.15, 0.2) is 36.7 Å². The number of rotatable bonds is 6. The van der Waals surface area contributed by atoms with E-state index >= 15 is 0 Å². The maximum atomic E-state index is 12.0. The van der Waals surface area contributed by atoms with Gasteiger partial charge in [-0.1, -0.05) is 12.1 Å². The van der Waals surface area contributed by atoms with Gasteiger partial charge in [-0.2, -0.15) is 5.10 Å². The SMILES string of the molecule is COc1ccc(CNC(=O)Nc2cnn(C[C@@H]3CCCCO3)c2)cc1. The van der Waals surface area contributed by atoms with Gasteiger partial charge in [0.15, 0.2) is 0 Å². The third-order valence-electron chi connectivity index (χ3n) is 4.17. The van der Waals surface area contributed by atoms with E-state index in [1.807, 2.05) is 35.1 Å². The molecular formula is C18H24N4O3. The van der Waals surface area contributed by atoms with Crippen molar-refractivity contribution in [2.75, 3.05) is 19.0 Å². The highest BCUT2D eigenvalue weighted by Gasteiger charge is 2.15. The maximum Gasteiger partial charge on any atom is 0.319 e. The average Bonchev–Trinajstić information content (AvgIpc) is 3.08. The lowest BCUT2D eigenvalue weighted by molar-refractivity contribution is 0.00401. The molecule has 1 aliphatic rings. The fourth-order valence-corrected chi connectivity index (χ4v) is 2.79. The van der Waals surface area contributed by atoms with Crippen molar-refractivity contribution in [2.24, 2.45) is 0 Å². The summed E-state index contributed by atoms with van der Waals surface area (Å²) in [5.74, 6) is 0.794. The number of aromatic nitrogens is 2. The Balaban J connectivity index is 1.44. The number of carbonyl (C=O) groups is 1. The molecule has 2 heterocycles. The second kappa shape index (κ2) is 8.53. The molecule has 0 saturated carbocycles. The van der Waals surface area contributed by atoms with Gasteiger partial charge in [-0.3, -0.25) is 4.68 Å². The van der Waals surface area contributed by atoms with Crippen molar-refractivity contribution < 1.29 is 14.3 Å². The topological polar surface area (TPSA) is 77.4 Å². The van der Waals surface area contributed by atoms with Crippen LogP contribution >= 0.6 is 0 Å². The number of amides is 2. The molecule has 1 atom stereocenters. The van der Waals surface area contributed by atoms with Crippen molar-refractivity contribution in [3.8, 4) is 5.75 Å². The highest BCUT2D eigenvalue weighted by molar-refractivity contribution is 5.88. The summed E-state index contributed by atoms with van der Waals surface area (Å²) in [6, 6.07) is 7.31. The summed E-state index contributed by atoms with van der Waals surface area (Å²) in [5, 5.41) is 9.90.